The molecule has 6 nitrogen and oxygen atoms in total. The molecule has 6 heteroatoms. The molecular weight excluding hydrogens is 314 g/mol. The van der Waals surface area contributed by atoms with Crippen LogP contribution >= 0.6 is 0 Å². The van der Waals surface area contributed by atoms with Gasteiger partial charge in [-0.1, -0.05) is 30.3 Å². The molecule has 0 bridgehead atoms. The number of nitrogens with zero attached hydrogens (tertiary/aromatic N) is 4. The first kappa shape index (κ1) is 16.3. The molecule has 2 saturated heterocycles. The molecule has 1 N–H and O–H groups in total. The van der Waals surface area contributed by atoms with Gasteiger partial charge in [0.15, 0.2) is 0 Å². The van der Waals surface area contributed by atoms with Gasteiger partial charge in [0.2, 0.25) is 0 Å². The first-order chi connectivity index (χ1) is 12.3. The monoisotopic (exact) mass is 339 g/mol. The fourth-order valence-corrected chi connectivity index (χ4v) is 3.94. The third-order valence-corrected chi connectivity index (χ3v) is 5.36. The van der Waals surface area contributed by atoms with Crippen molar-refractivity contribution in [2.75, 3.05) is 39.3 Å². The molecule has 132 valence electrons. The number of nitrogens with one attached hydrogen (secondary N) is 1. The molecule has 1 aromatic carbocycles. The summed E-state index contributed by atoms with van der Waals surface area (Å²) in [5, 5.41) is 6.58. The molecule has 1 atom stereocenters. The van der Waals surface area contributed by atoms with Gasteiger partial charge in [0, 0.05) is 58.1 Å². The summed E-state index contributed by atoms with van der Waals surface area (Å²) in [5.74, 6) is 0.0885. The number of hydrogen-bond acceptors (Lipinski definition) is 4. The van der Waals surface area contributed by atoms with Gasteiger partial charge in [0.05, 0.1) is 11.8 Å². The molecule has 4 rings (SSSR count). The number of amides is 1. The van der Waals surface area contributed by atoms with Crippen LogP contribution in [0.4, 0.5) is 0 Å². The number of H-pyrrole nitrogens is 1. The van der Waals surface area contributed by atoms with Crippen molar-refractivity contribution < 1.29 is 4.79 Å². The van der Waals surface area contributed by atoms with Crippen molar-refractivity contribution in [1.82, 2.24) is 24.9 Å². The second kappa shape index (κ2) is 7.37. The first-order valence-electron chi connectivity index (χ1n) is 9.08. The second-order valence-corrected chi connectivity index (χ2v) is 6.98. The summed E-state index contributed by atoms with van der Waals surface area (Å²) in [4.78, 5) is 19.4. The molecule has 1 aromatic heterocycles. The number of aromatic amines is 1. The van der Waals surface area contributed by atoms with E-state index in [1.165, 1.54) is 12.0 Å². The number of carbonyl (C=O) groups is 1. The van der Waals surface area contributed by atoms with Crippen molar-refractivity contribution in [3.05, 3.63) is 53.9 Å². The van der Waals surface area contributed by atoms with Crippen LogP contribution < -0.4 is 0 Å². The summed E-state index contributed by atoms with van der Waals surface area (Å²) >= 11 is 0. The van der Waals surface area contributed by atoms with Crippen molar-refractivity contribution in [1.29, 1.82) is 0 Å². The van der Waals surface area contributed by atoms with Crippen LogP contribution in [0.1, 0.15) is 22.3 Å². The summed E-state index contributed by atoms with van der Waals surface area (Å²) in [5.41, 5.74) is 2.04. The Kier molecular flexibility index (Phi) is 4.81. The lowest BCUT2D eigenvalue weighted by Crippen LogP contribution is -2.52. The van der Waals surface area contributed by atoms with Crippen molar-refractivity contribution in [3.8, 4) is 0 Å². The lowest BCUT2D eigenvalue weighted by molar-refractivity contribution is 0.0573. The van der Waals surface area contributed by atoms with Gasteiger partial charge >= 0.3 is 0 Å². The van der Waals surface area contributed by atoms with E-state index in [0.29, 0.717) is 11.6 Å². The van der Waals surface area contributed by atoms with Gasteiger partial charge in [0.25, 0.3) is 5.91 Å². The Morgan fingerprint density at radius 2 is 1.92 bits per heavy atom. The molecule has 0 aliphatic carbocycles. The highest BCUT2D eigenvalue weighted by Crippen LogP contribution is 2.20. The molecule has 25 heavy (non-hydrogen) atoms. The van der Waals surface area contributed by atoms with Crippen LogP contribution in [-0.4, -0.2) is 76.1 Å². The van der Waals surface area contributed by atoms with Crippen molar-refractivity contribution >= 4 is 5.91 Å². The quantitative estimate of drug-likeness (QED) is 0.916. The standard InChI is InChI=1S/C19H25N5O/c25-19(17-12-20-21-13-17)24-10-8-23(9-11-24)18-6-7-22(15-18)14-16-4-2-1-3-5-16/h1-5,12-13,18H,6-11,14-15H2,(H,20,21). The van der Waals surface area contributed by atoms with Gasteiger partial charge < -0.3 is 4.90 Å². The Morgan fingerprint density at radius 3 is 2.64 bits per heavy atom. The third kappa shape index (κ3) is 3.75. The summed E-state index contributed by atoms with van der Waals surface area (Å²) in [6.45, 7) is 6.87. The molecule has 0 saturated carbocycles. The number of hydrogen-bond donors (Lipinski definition) is 1. The zero-order chi connectivity index (χ0) is 17.1. The van der Waals surface area contributed by atoms with Gasteiger partial charge in [-0.3, -0.25) is 19.7 Å². The summed E-state index contributed by atoms with van der Waals surface area (Å²) in [6, 6.07) is 11.3. The van der Waals surface area contributed by atoms with Crippen LogP contribution in [0.5, 0.6) is 0 Å². The largest absolute Gasteiger partial charge is 0.336 e. The van der Waals surface area contributed by atoms with Crippen LogP contribution in [0.3, 0.4) is 0 Å². The van der Waals surface area contributed by atoms with E-state index < -0.39 is 0 Å². The number of carbonyl (C=O) groups excluding carboxylic acids is 1. The van der Waals surface area contributed by atoms with E-state index in [-0.39, 0.29) is 5.91 Å². The van der Waals surface area contributed by atoms with E-state index in [9.17, 15) is 4.79 Å². The van der Waals surface area contributed by atoms with Crippen LogP contribution in [0.25, 0.3) is 0 Å². The van der Waals surface area contributed by atoms with E-state index in [0.717, 1.165) is 45.8 Å². The minimum absolute atomic E-state index is 0.0885. The fraction of sp³-hybridized carbons (Fsp3) is 0.474. The van der Waals surface area contributed by atoms with Crippen LogP contribution in [-0.2, 0) is 6.54 Å². The molecule has 1 amide bonds. The molecule has 1 unspecified atom stereocenters. The Morgan fingerprint density at radius 1 is 1.12 bits per heavy atom. The zero-order valence-corrected chi connectivity index (χ0v) is 14.5. The Hall–Kier alpha value is -2.18. The van der Waals surface area contributed by atoms with Gasteiger partial charge in [-0.05, 0) is 12.0 Å². The summed E-state index contributed by atoms with van der Waals surface area (Å²) in [7, 11) is 0. The highest BCUT2D eigenvalue weighted by atomic mass is 16.2. The number of likely N-dealkylation sites (tertiary alicyclic amines) is 1. The van der Waals surface area contributed by atoms with E-state index in [4.69, 9.17) is 0 Å². The maximum Gasteiger partial charge on any atom is 0.257 e. The number of aromatic nitrogens is 2. The molecule has 0 spiro atoms. The first-order valence-corrected chi connectivity index (χ1v) is 9.08. The van der Waals surface area contributed by atoms with Gasteiger partial charge in [-0.25, -0.2) is 0 Å². The minimum Gasteiger partial charge on any atom is -0.336 e. The van der Waals surface area contributed by atoms with Crippen molar-refractivity contribution in [3.63, 3.8) is 0 Å². The fourth-order valence-electron chi connectivity index (χ4n) is 3.94. The zero-order valence-electron chi connectivity index (χ0n) is 14.5. The van der Waals surface area contributed by atoms with Crippen LogP contribution in [0.15, 0.2) is 42.7 Å². The number of benzene rings is 1. The predicted octanol–water partition coefficient (Wildman–Crippen LogP) is 1.44. The molecule has 2 fully saturated rings. The molecule has 2 aromatic rings. The van der Waals surface area contributed by atoms with E-state index in [2.05, 4.69) is 50.3 Å². The highest BCUT2D eigenvalue weighted by Gasteiger charge is 2.31. The number of rotatable bonds is 4. The minimum atomic E-state index is 0.0885. The molecule has 0 radical (unpaired) electrons. The van der Waals surface area contributed by atoms with Crippen LogP contribution in [0, 0.1) is 0 Å². The summed E-state index contributed by atoms with van der Waals surface area (Å²) < 4.78 is 0. The molecular formula is C19H25N5O. The van der Waals surface area contributed by atoms with Crippen LogP contribution in [0.2, 0.25) is 0 Å². The Labute approximate surface area is 148 Å². The van der Waals surface area contributed by atoms with Gasteiger partial charge in [-0.2, -0.15) is 5.10 Å². The maximum atomic E-state index is 12.4. The van der Waals surface area contributed by atoms with Gasteiger partial charge in [0.1, 0.15) is 0 Å². The average Bonchev–Trinajstić information content (AvgIpc) is 3.34. The Bertz CT molecular complexity index is 679. The van der Waals surface area contributed by atoms with E-state index in [1.807, 2.05) is 4.90 Å². The molecule has 3 heterocycles. The van der Waals surface area contributed by atoms with Crippen molar-refractivity contribution in [2.45, 2.75) is 19.0 Å². The van der Waals surface area contributed by atoms with Crippen molar-refractivity contribution in [2.24, 2.45) is 0 Å². The smallest absolute Gasteiger partial charge is 0.257 e. The second-order valence-electron chi connectivity index (χ2n) is 6.98. The topological polar surface area (TPSA) is 55.5 Å². The Balaban J connectivity index is 1.26. The van der Waals surface area contributed by atoms with Gasteiger partial charge in [-0.15, -0.1) is 0 Å². The highest BCUT2D eigenvalue weighted by molar-refractivity contribution is 5.93. The molecule has 2 aliphatic rings. The van der Waals surface area contributed by atoms with E-state index >= 15 is 0 Å². The lowest BCUT2D eigenvalue weighted by Gasteiger charge is -2.38. The third-order valence-electron chi connectivity index (χ3n) is 5.36. The number of piperazine rings is 1. The normalized spacial score (nSPS) is 22.4. The average molecular weight is 339 g/mol. The lowest BCUT2D eigenvalue weighted by atomic mass is 10.1. The summed E-state index contributed by atoms with van der Waals surface area (Å²) in [6.07, 6.45) is 4.50. The maximum absolute atomic E-state index is 12.4. The van der Waals surface area contributed by atoms with E-state index in [1.54, 1.807) is 12.4 Å². The predicted molar refractivity (Wildman–Crippen MR) is 96.2 cm³/mol. The molecule has 2 aliphatic heterocycles. The SMILES string of the molecule is O=C(c1cn[nH]c1)N1CCN(C2CCN(Cc3ccccc3)C2)CC1.